The van der Waals surface area contributed by atoms with Crippen LogP contribution in [0.1, 0.15) is 31.9 Å². The lowest BCUT2D eigenvalue weighted by molar-refractivity contribution is -0.383. The first-order chi connectivity index (χ1) is 12.8. The monoisotopic (exact) mass is 366 g/mol. The first kappa shape index (κ1) is 18.6. The summed E-state index contributed by atoms with van der Waals surface area (Å²) in [5, 5.41) is 14.1. The van der Waals surface area contributed by atoms with E-state index in [1.807, 2.05) is 12.1 Å². The van der Waals surface area contributed by atoms with Crippen LogP contribution >= 0.6 is 0 Å². The minimum Gasteiger partial charge on any atom is -0.350 e. The van der Waals surface area contributed by atoms with E-state index in [1.165, 1.54) is 22.5 Å². The van der Waals surface area contributed by atoms with Crippen LogP contribution in [-0.4, -0.2) is 20.4 Å². The quantitative estimate of drug-likeness (QED) is 0.552. The smallest absolute Gasteiger partial charge is 0.295 e. The molecule has 0 saturated carbocycles. The third kappa shape index (κ3) is 4.13. The number of aromatic nitrogens is 2. The number of benzene rings is 2. The molecule has 0 aliphatic carbocycles. The number of hydrogen-bond donors (Lipinski definition) is 1. The number of nitro benzene ring substituents is 1. The number of nitrogens with one attached hydrogen (secondary N) is 1. The average molecular weight is 366 g/mol. The van der Waals surface area contributed by atoms with E-state index in [4.69, 9.17) is 0 Å². The molecule has 0 saturated heterocycles. The van der Waals surface area contributed by atoms with Crippen molar-refractivity contribution in [3.8, 4) is 0 Å². The number of rotatable bonds is 5. The third-order valence-electron chi connectivity index (χ3n) is 4.44. The van der Waals surface area contributed by atoms with Crippen LogP contribution < -0.4 is 5.32 Å². The molecule has 3 rings (SSSR count). The van der Waals surface area contributed by atoms with Gasteiger partial charge in [-0.3, -0.25) is 14.9 Å². The topological polar surface area (TPSA) is 90.1 Å². The predicted molar refractivity (Wildman–Crippen MR) is 103 cm³/mol. The molecule has 1 heterocycles. The number of non-ortho nitro benzene ring substituents is 1. The van der Waals surface area contributed by atoms with Crippen LogP contribution in [0.4, 0.5) is 5.69 Å². The molecule has 0 bridgehead atoms. The fourth-order valence-electron chi connectivity index (χ4n) is 2.91. The molecule has 1 aromatic heterocycles. The molecule has 7 nitrogen and oxygen atoms in total. The Labute approximate surface area is 157 Å². The molecule has 0 fully saturated rings. The number of imidazole rings is 1. The molecule has 2 aromatic carbocycles. The zero-order valence-electron chi connectivity index (χ0n) is 15.6. The first-order valence-electron chi connectivity index (χ1n) is 8.70. The zero-order valence-corrected chi connectivity index (χ0v) is 15.6. The van der Waals surface area contributed by atoms with E-state index in [1.54, 1.807) is 12.1 Å². The maximum atomic E-state index is 12.3. The molecule has 0 unspecified atom stereocenters. The lowest BCUT2D eigenvalue weighted by atomic mass is 9.87. The second kappa shape index (κ2) is 7.19. The van der Waals surface area contributed by atoms with Crippen molar-refractivity contribution in [3.63, 3.8) is 0 Å². The van der Waals surface area contributed by atoms with Gasteiger partial charge in [0, 0.05) is 12.6 Å². The highest BCUT2D eigenvalue weighted by Gasteiger charge is 2.18. The summed E-state index contributed by atoms with van der Waals surface area (Å²) in [6.07, 6.45) is 1.45. The summed E-state index contributed by atoms with van der Waals surface area (Å²) in [6.45, 7) is 6.83. The van der Waals surface area contributed by atoms with Crippen LogP contribution in [0, 0.1) is 10.1 Å². The summed E-state index contributed by atoms with van der Waals surface area (Å²) < 4.78 is 1.51. The number of carbonyl (C=O) groups excluding carboxylic acids is 1. The van der Waals surface area contributed by atoms with Gasteiger partial charge in [-0.25, -0.2) is 4.98 Å². The summed E-state index contributed by atoms with van der Waals surface area (Å²) in [7, 11) is 0. The molecular formula is C20H22N4O3. The largest absolute Gasteiger partial charge is 0.350 e. The molecule has 1 amide bonds. The minimum atomic E-state index is -0.463. The molecule has 0 aliphatic rings. The normalized spacial score (nSPS) is 11.5. The maximum absolute atomic E-state index is 12.3. The van der Waals surface area contributed by atoms with E-state index in [-0.39, 0.29) is 23.6 Å². The van der Waals surface area contributed by atoms with Crippen LogP contribution in [0.3, 0.4) is 0 Å². The second-order valence-corrected chi connectivity index (χ2v) is 7.50. The Hall–Kier alpha value is -3.22. The standard InChI is InChI=1S/C20H22N4O3/c1-20(2,3)15-9-7-14(8-10-15)11-21-18(25)12-23-13-22-16-5-4-6-17(19(16)23)24(26)27/h4-10,13H,11-12H2,1-3H3,(H,21,25). The van der Waals surface area contributed by atoms with E-state index in [9.17, 15) is 14.9 Å². The first-order valence-corrected chi connectivity index (χ1v) is 8.70. The number of fused-ring (bicyclic) bond motifs is 1. The zero-order chi connectivity index (χ0) is 19.6. The molecule has 1 N–H and O–H groups in total. The Morgan fingerprint density at radius 3 is 2.52 bits per heavy atom. The van der Waals surface area contributed by atoms with Gasteiger partial charge in [-0.15, -0.1) is 0 Å². The lowest BCUT2D eigenvalue weighted by Gasteiger charge is -2.19. The van der Waals surface area contributed by atoms with E-state index < -0.39 is 4.92 Å². The summed E-state index contributed by atoms with van der Waals surface area (Å²) in [5.41, 5.74) is 3.10. The van der Waals surface area contributed by atoms with Gasteiger partial charge in [-0.1, -0.05) is 51.1 Å². The van der Waals surface area contributed by atoms with Gasteiger partial charge in [-0.2, -0.15) is 0 Å². The van der Waals surface area contributed by atoms with Crippen molar-refractivity contribution in [1.29, 1.82) is 0 Å². The Kier molecular flexibility index (Phi) is 4.94. The molecule has 27 heavy (non-hydrogen) atoms. The van der Waals surface area contributed by atoms with E-state index >= 15 is 0 Å². The van der Waals surface area contributed by atoms with Gasteiger partial charge in [0.25, 0.3) is 5.69 Å². The minimum absolute atomic E-state index is 0.0264. The van der Waals surface area contributed by atoms with Crippen molar-refractivity contribution in [2.45, 2.75) is 39.3 Å². The van der Waals surface area contributed by atoms with Gasteiger partial charge in [0.15, 0.2) is 0 Å². The van der Waals surface area contributed by atoms with Crippen molar-refractivity contribution >= 4 is 22.6 Å². The van der Waals surface area contributed by atoms with Gasteiger partial charge in [0.05, 0.1) is 16.8 Å². The Balaban J connectivity index is 1.68. The Bertz CT molecular complexity index is 985. The number of carbonyl (C=O) groups is 1. The van der Waals surface area contributed by atoms with E-state index in [0.717, 1.165) is 5.56 Å². The van der Waals surface area contributed by atoms with Crippen LogP contribution in [0.5, 0.6) is 0 Å². The summed E-state index contributed by atoms with van der Waals surface area (Å²) in [6, 6.07) is 12.8. The highest BCUT2D eigenvalue weighted by atomic mass is 16.6. The summed E-state index contributed by atoms with van der Waals surface area (Å²) >= 11 is 0. The number of nitrogens with zero attached hydrogens (tertiary/aromatic N) is 3. The van der Waals surface area contributed by atoms with Crippen LogP contribution in [0.25, 0.3) is 11.0 Å². The molecule has 0 radical (unpaired) electrons. The number of hydrogen-bond acceptors (Lipinski definition) is 4. The number of nitro groups is 1. The predicted octanol–water partition coefficient (Wildman–Crippen LogP) is 3.56. The summed E-state index contributed by atoms with van der Waals surface area (Å²) in [5.74, 6) is -0.229. The van der Waals surface area contributed by atoms with Gasteiger partial charge >= 0.3 is 0 Å². The molecule has 140 valence electrons. The molecular weight excluding hydrogens is 344 g/mol. The van der Waals surface area contributed by atoms with Gasteiger partial charge < -0.3 is 9.88 Å². The van der Waals surface area contributed by atoms with Gasteiger partial charge in [0.2, 0.25) is 5.91 Å². The van der Waals surface area contributed by atoms with Crippen molar-refractivity contribution < 1.29 is 9.72 Å². The molecule has 0 spiro atoms. The van der Waals surface area contributed by atoms with Crippen LogP contribution in [0.2, 0.25) is 0 Å². The third-order valence-corrected chi connectivity index (χ3v) is 4.44. The SMILES string of the molecule is CC(C)(C)c1ccc(CNC(=O)Cn2cnc3cccc([N+](=O)[O-])c32)cc1. The molecule has 7 heteroatoms. The number of para-hydroxylation sites is 1. The van der Waals surface area contributed by atoms with Gasteiger partial charge in [0.1, 0.15) is 12.1 Å². The van der Waals surface area contributed by atoms with Crippen molar-refractivity contribution in [1.82, 2.24) is 14.9 Å². The van der Waals surface area contributed by atoms with E-state index in [0.29, 0.717) is 17.6 Å². The maximum Gasteiger partial charge on any atom is 0.295 e. The van der Waals surface area contributed by atoms with Crippen LogP contribution in [0.15, 0.2) is 48.8 Å². The van der Waals surface area contributed by atoms with Crippen molar-refractivity contribution in [2.75, 3.05) is 0 Å². The molecule has 0 aliphatic heterocycles. The fraction of sp³-hybridized carbons (Fsp3) is 0.300. The Morgan fingerprint density at radius 1 is 1.19 bits per heavy atom. The fourth-order valence-corrected chi connectivity index (χ4v) is 2.91. The van der Waals surface area contributed by atoms with Crippen molar-refractivity contribution in [2.24, 2.45) is 0 Å². The number of amides is 1. The van der Waals surface area contributed by atoms with Crippen molar-refractivity contribution in [3.05, 3.63) is 70.0 Å². The van der Waals surface area contributed by atoms with E-state index in [2.05, 4.69) is 43.2 Å². The molecule has 3 aromatic rings. The van der Waals surface area contributed by atoms with Gasteiger partial charge in [-0.05, 0) is 22.6 Å². The summed E-state index contributed by atoms with van der Waals surface area (Å²) in [4.78, 5) is 27.2. The molecule has 0 atom stereocenters. The highest BCUT2D eigenvalue weighted by Crippen LogP contribution is 2.24. The average Bonchev–Trinajstić information content (AvgIpc) is 3.02. The Morgan fingerprint density at radius 2 is 1.89 bits per heavy atom. The lowest BCUT2D eigenvalue weighted by Crippen LogP contribution is -2.27. The van der Waals surface area contributed by atoms with Crippen LogP contribution in [-0.2, 0) is 23.3 Å². The second-order valence-electron chi connectivity index (χ2n) is 7.50. The highest BCUT2D eigenvalue weighted by molar-refractivity contribution is 5.86.